The van der Waals surface area contributed by atoms with Gasteiger partial charge in [0, 0.05) is 0 Å². The van der Waals surface area contributed by atoms with Crippen LogP contribution in [0, 0.1) is 0 Å². The molecule has 0 aliphatic carbocycles. The molecule has 1 aromatic rings. The molecule has 0 unspecified atom stereocenters. The van der Waals surface area contributed by atoms with E-state index in [4.69, 9.17) is 5.11 Å². The molecule has 0 fully saturated rings. The molecule has 0 aliphatic heterocycles. The van der Waals surface area contributed by atoms with E-state index in [9.17, 15) is 0 Å². The smallest absolute Gasteiger partial charge is 0.115 e. The largest absolute Gasteiger partial charge is 0.508 e. The first-order chi connectivity index (χ1) is 9.74. The molecular formula is C19H34O. The second-order valence-corrected chi connectivity index (χ2v) is 5.54. The normalized spacial score (nSPS) is 9.95. The van der Waals surface area contributed by atoms with E-state index in [-0.39, 0.29) is 0 Å². The number of phenolic OH excluding ortho intramolecular Hbond substituents is 1. The number of rotatable bonds is 9. The van der Waals surface area contributed by atoms with Gasteiger partial charge in [-0.1, -0.05) is 84.3 Å². The lowest BCUT2D eigenvalue weighted by atomic mass is 10.1. The highest BCUT2D eigenvalue weighted by Gasteiger charge is 1.93. The van der Waals surface area contributed by atoms with Gasteiger partial charge in [0.15, 0.2) is 0 Å². The molecule has 0 aliphatic rings. The molecule has 1 rings (SSSR count). The van der Waals surface area contributed by atoms with Crippen LogP contribution < -0.4 is 0 Å². The van der Waals surface area contributed by atoms with E-state index in [1.165, 1.54) is 63.4 Å². The van der Waals surface area contributed by atoms with Crippen molar-refractivity contribution in [2.45, 2.75) is 85.0 Å². The summed E-state index contributed by atoms with van der Waals surface area (Å²) >= 11 is 0. The molecule has 0 aromatic heterocycles. The Morgan fingerprint density at radius 2 is 1.10 bits per heavy atom. The van der Waals surface area contributed by atoms with E-state index in [0.717, 1.165) is 6.42 Å². The Morgan fingerprint density at radius 1 is 0.650 bits per heavy atom. The third-order valence-corrected chi connectivity index (χ3v) is 3.46. The summed E-state index contributed by atoms with van der Waals surface area (Å²) in [5, 5.41) is 9.07. The second-order valence-electron chi connectivity index (χ2n) is 5.54. The van der Waals surface area contributed by atoms with Crippen LogP contribution in [0.4, 0.5) is 0 Å². The zero-order chi connectivity index (χ0) is 15.1. The van der Waals surface area contributed by atoms with Crippen molar-refractivity contribution < 1.29 is 5.11 Å². The van der Waals surface area contributed by atoms with Crippen LogP contribution in [0.25, 0.3) is 0 Å². The quantitative estimate of drug-likeness (QED) is 0.512. The van der Waals surface area contributed by atoms with Gasteiger partial charge < -0.3 is 5.11 Å². The van der Waals surface area contributed by atoms with Crippen LogP contribution >= 0.6 is 0 Å². The van der Waals surface area contributed by atoms with Gasteiger partial charge in [0.05, 0.1) is 0 Å². The van der Waals surface area contributed by atoms with Crippen LogP contribution in [-0.2, 0) is 6.42 Å². The first-order valence-corrected chi connectivity index (χ1v) is 8.52. The number of aryl methyl sites for hydroxylation is 1. The second kappa shape index (κ2) is 14.4. The first kappa shape index (κ1) is 19.0. The fourth-order valence-electron chi connectivity index (χ4n) is 2.10. The van der Waals surface area contributed by atoms with Crippen LogP contribution in [0.3, 0.4) is 0 Å². The summed E-state index contributed by atoms with van der Waals surface area (Å²) in [5.74, 6) is 0.359. The maximum Gasteiger partial charge on any atom is 0.115 e. The van der Waals surface area contributed by atoms with E-state index >= 15 is 0 Å². The van der Waals surface area contributed by atoms with Gasteiger partial charge >= 0.3 is 0 Å². The van der Waals surface area contributed by atoms with Crippen molar-refractivity contribution in [3.05, 3.63) is 29.8 Å². The van der Waals surface area contributed by atoms with Crippen LogP contribution in [-0.4, -0.2) is 5.11 Å². The molecule has 1 nitrogen and oxygen atoms in total. The zero-order valence-electron chi connectivity index (χ0n) is 13.8. The molecule has 116 valence electrons. The van der Waals surface area contributed by atoms with Crippen molar-refractivity contribution in [2.75, 3.05) is 0 Å². The highest BCUT2D eigenvalue weighted by atomic mass is 16.3. The van der Waals surface area contributed by atoms with Crippen LogP contribution in [0.15, 0.2) is 24.3 Å². The van der Waals surface area contributed by atoms with Crippen molar-refractivity contribution in [3.63, 3.8) is 0 Å². The van der Waals surface area contributed by atoms with E-state index in [1.54, 1.807) is 12.1 Å². The predicted octanol–water partition coefficient (Wildman–Crippen LogP) is 6.49. The summed E-state index contributed by atoms with van der Waals surface area (Å²) in [6.45, 7) is 6.71. The van der Waals surface area contributed by atoms with Crippen molar-refractivity contribution in [2.24, 2.45) is 0 Å². The average Bonchev–Trinajstić information content (AvgIpc) is 2.47. The minimum atomic E-state index is 0.359. The predicted molar refractivity (Wildman–Crippen MR) is 90.4 cm³/mol. The third kappa shape index (κ3) is 12.1. The molecule has 1 heteroatoms. The molecule has 0 bridgehead atoms. The van der Waals surface area contributed by atoms with Gasteiger partial charge in [0.1, 0.15) is 5.75 Å². The van der Waals surface area contributed by atoms with Gasteiger partial charge in [0.25, 0.3) is 0 Å². The average molecular weight is 278 g/mol. The Kier molecular flexibility index (Phi) is 13.7. The van der Waals surface area contributed by atoms with Gasteiger partial charge in [-0.25, -0.2) is 0 Å². The summed E-state index contributed by atoms with van der Waals surface area (Å²) in [7, 11) is 0. The summed E-state index contributed by atoms with van der Waals surface area (Å²) in [5.41, 5.74) is 1.33. The number of hydrogen-bond donors (Lipinski definition) is 1. The summed E-state index contributed by atoms with van der Waals surface area (Å²) in [6.07, 6.45) is 13.3. The van der Waals surface area contributed by atoms with E-state index in [1.807, 2.05) is 12.1 Å². The lowest BCUT2D eigenvalue weighted by molar-refractivity contribution is 0.475. The SMILES string of the molecule is CCCCCCC.CCCCCCc1ccc(O)cc1. The van der Waals surface area contributed by atoms with E-state index in [0.29, 0.717) is 5.75 Å². The first-order valence-electron chi connectivity index (χ1n) is 8.52. The number of benzene rings is 1. The van der Waals surface area contributed by atoms with Crippen LogP contribution in [0.2, 0.25) is 0 Å². The Labute approximate surface area is 126 Å². The monoisotopic (exact) mass is 278 g/mol. The van der Waals surface area contributed by atoms with Gasteiger partial charge in [0.2, 0.25) is 0 Å². The van der Waals surface area contributed by atoms with Gasteiger partial charge in [-0.15, -0.1) is 0 Å². The Morgan fingerprint density at radius 3 is 1.55 bits per heavy atom. The molecular weight excluding hydrogens is 244 g/mol. The molecule has 1 N–H and O–H groups in total. The van der Waals surface area contributed by atoms with Gasteiger partial charge in [-0.2, -0.15) is 0 Å². The summed E-state index contributed by atoms with van der Waals surface area (Å²) < 4.78 is 0. The Bertz CT molecular complexity index is 285. The minimum absolute atomic E-state index is 0.359. The number of phenols is 1. The Balaban J connectivity index is 0.000000441. The molecule has 0 radical (unpaired) electrons. The fourth-order valence-corrected chi connectivity index (χ4v) is 2.10. The molecule has 0 amide bonds. The number of hydrogen-bond acceptors (Lipinski definition) is 1. The van der Waals surface area contributed by atoms with Crippen LogP contribution in [0.5, 0.6) is 5.75 Å². The molecule has 20 heavy (non-hydrogen) atoms. The van der Waals surface area contributed by atoms with Crippen molar-refractivity contribution >= 4 is 0 Å². The van der Waals surface area contributed by atoms with E-state index in [2.05, 4.69) is 20.8 Å². The lowest BCUT2D eigenvalue weighted by Gasteiger charge is -2.00. The van der Waals surface area contributed by atoms with Crippen molar-refractivity contribution in [1.82, 2.24) is 0 Å². The van der Waals surface area contributed by atoms with Crippen LogP contribution in [0.1, 0.15) is 84.1 Å². The summed E-state index contributed by atoms with van der Waals surface area (Å²) in [6, 6.07) is 7.52. The lowest BCUT2D eigenvalue weighted by Crippen LogP contribution is -1.84. The van der Waals surface area contributed by atoms with Crippen molar-refractivity contribution in [3.8, 4) is 5.75 Å². The maximum atomic E-state index is 9.07. The Hall–Kier alpha value is -0.980. The molecule has 0 spiro atoms. The zero-order valence-corrected chi connectivity index (χ0v) is 13.8. The highest BCUT2D eigenvalue weighted by Crippen LogP contribution is 2.12. The minimum Gasteiger partial charge on any atom is -0.508 e. The van der Waals surface area contributed by atoms with Crippen molar-refractivity contribution in [1.29, 1.82) is 0 Å². The maximum absolute atomic E-state index is 9.07. The van der Waals surface area contributed by atoms with E-state index < -0.39 is 0 Å². The number of aromatic hydroxyl groups is 1. The highest BCUT2D eigenvalue weighted by molar-refractivity contribution is 5.25. The standard InChI is InChI=1S/C12H18O.C7H16/c1-2-3-4-5-6-11-7-9-12(13)10-8-11;1-3-5-7-6-4-2/h7-10,13H,2-6H2,1H3;3-7H2,1-2H3. The summed E-state index contributed by atoms with van der Waals surface area (Å²) in [4.78, 5) is 0. The molecule has 1 aromatic carbocycles. The third-order valence-electron chi connectivity index (χ3n) is 3.46. The van der Waals surface area contributed by atoms with Gasteiger partial charge in [-0.05, 0) is 30.5 Å². The number of unbranched alkanes of at least 4 members (excludes halogenated alkanes) is 7. The molecule has 0 heterocycles. The molecule has 0 saturated heterocycles. The topological polar surface area (TPSA) is 20.2 Å². The molecule has 0 atom stereocenters. The fraction of sp³-hybridized carbons (Fsp3) is 0.684. The van der Waals surface area contributed by atoms with Gasteiger partial charge in [-0.3, -0.25) is 0 Å². The molecule has 0 saturated carbocycles.